The average molecular weight is 317 g/mol. The first-order chi connectivity index (χ1) is 8.47. The van der Waals surface area contributed by atoms with Gasteiger partial charge >= 0.3 is 0 Å². The van der Waals surface area contributed by atoms with Crippen molar-refractivity contribution in [3.63, 3.8) is 0 Å². The monoisotopic (exact) mass is 316 g/mol. The second-order valence-corrected chi connectivity index (χ2v) is 4.60. The van der Waals surface area contributed by atoms with Crippen LogP contribution in [0.25, 0.3) is 0 Å². The Labute approximate surface area is 113 Å². The lowest BCUT2D eigenvalue weighted by Gasteiger charge is -2.17. The predicted octanol–water partition coefficient (Wildman–Crippen LogP) is 1.80. The van der Waals surface area contributed by atoms with Crippen LogP contribution in [0.15, 0.2) is 22.7 Å². The number of amides is 2. The number of halogens is 2. The number of nitrogens with zero attached hydrogens (tertiary/aromatic N) is 1. The van der Waals surface area contributed by atoms with E-state index < -0.39 is 11.7 Å². The van der Waals surface area contributed by atoms with Crippen LogP contribution in [-0.4, -0.2) is 37.4 Å². The van der Waals surface area contributed by atoms with E-state index in [9.17, 15) is 14.0 Å². The van der Waals surface area contributed by atoms with Crippen LogP contribution in [-0.2, 0) is 4.79 Å². The Morgan fingerprint density at radius 1 is 1.44 bits per heavy atom. The van der Waals surface area contributed by atoms with Crippen molar-refractivity contribution in [2.45, 2.75) is 6.42 Å². The lowest BCUT2D eigenvalue weighted by Crippen LogP contribution is -2.32. The Bertz CT molecular complexity index is 445. The Morgan fingerprint density at radius 3 is 2.67 bits per heavy atom. The van der Waals surface area contributed by atoms with Crippen LogP contribution in [0.5, 0.6) is 0 Å². The Hall–Kier alpha value is -1.43. The molecule has 2 amide bonds. The number of nitrogens with one attached hydrogen (secondary N) is 1. The number of benzene rings is 1. The molecule has 1 rings (SSSR count). The largest absolute Gasteiger partial charge is 0.359 e. The van der Waals surface area contributed by atoms with Crippen LogP contribution in [0.3, 0.4) is 0 Å². The van der Waals surface area contributed by atoms with Gasteiger partial charge in [0.05, 0.1) is 5.56 Å². The fourth-order valence-corrected chi connectivity index (χ4v) is 1.90. The number of carbonyl (C=O) groups is 2. The van der Waals surface area contributed by atoms with Crippen LogP contribution in [0.1, 0.15) is 16.8 Å². The van der Waals surface area contributed by atoms with Crippen molar-refractivity contribution >= 4 is 27.7 Å². The van der Waals surface area contributed by atoms with Crippen molar-refractivity contribution in [1.82, 2.24) is 10.2 Å². The molecule has 0 aliphatic carbocycles. The molecule has 0 fully saturated rings. The van der Waals surface area contributed by atoms with Gasteiger partial charge in [0.1, 0.15) is 5.82 Å². The maximum absolute atomic E-state index is 13.6. The first kappa shape index (κ1) is 14.6. The van der Waals surface area contributed by atoms with Gasteiger partial charge in [-0.1, -0.05) is 6.07 Å². The van der Waals surface area contributed by atoms with Gasteiger partial charge in [-0.15, -0.1) is 0 Å². The summed E-state index contributed by atoms with van der Waals surface area (Å²) in [6, 6.07) is 4.34. The van der Waals surface area contributed by atoms with Gasteiger partial charge in [0.2, 0.25) is 5.91 Å². The standard InChI is InChI=1S/C12H14BrFN2O2/c1-15-10(17)6-7-16(2)12(18)11-8(13)4-3-5-9(11)14/h3-5H,6-7H2,1-2H3,(H,15,17). The van der Waals surface area contributed by atoms with Gasteiger partial charge < -0.3 is 10.2 Å². The summed E-state index contributed by atoms with van der Waals surface area (Å²) in [6.45, 7) is 0.235. The molecule has 0 aliphatic heterocycles. The molecule has 0 spiro atoms. The molecule has 0 heterocycles. The van der Waals surface area contributed by atoms with Crippen LogP contribution < -0.4 is 5.32 Å². The second kappa shape index (κ2) is 6.49. The molecule has 0 saturated heterocycles. The zero-order valence-corrected chi connectivity index (χ0v) is 11.8. The lowest BCUT2D eigenvalue weighted by molar-refractivity contribution is -0.120. The smallest absolute Gasteiger partial charge is 0.257 e. The highest BCUT2D eigenvalue weighted by atomic mass is 79.9. The summed E-state index contributed by atoms with van der Waals surface area (Å²) < 4.78 is 14.0. The molecule has 0 bridgehead atoms. The average Bonchev–Trinajstić information content (AvgIpc) is 2.34. The van der Waals surface area contributed by atoms with Gasteiger partial charge in [-0.05, 0) is 28.1 Å². The number of hydrogen-bond acceptors (Lipinski definition) is 2. The van der Waals surface area contributed by atoms with E-state index in [-0.39, 0.29) is 24.4 Å². The lowest BCUT2D eigenvalue weighted by atomic mass is 10.2. The summed E-state index contributed by atoms with van der Waals surface area (Å²) in [7, 11) is 3.06. The minimum absolute atomic E-state index is 0.0168. The van der Waals surface area contributed by atoms with Crippen LogP contribution in [0.4, 0.5) is 4.39 Å². The normalized spacial score (nSPS) is 10.0. The van der Waals surface area contributed by atoms with Crippen molar-refractivity contribution in [3.8, 4) is 0 Å². The molecular formula is C12H14BrFN2O2. The summed E-state index contributed by atoms with van der Waals surface area (Å²) in [5.74, 6) is -1.20. The molecule has 0 saturated carbocycles. The van der Waals surface area contributed by atoms with E-state index in [1.807, 2.05) is 0 Å². The summed E-state index contributed by atoms with van der Waals surface area (Å²) in [5, 5.41) is 2.46. The zero-order valence-electron chi connectivity index (χ0n) is 10.2. The summed E-state index contributed by atoms with van der Waals surface area (Å²) in [5.41, 5.74) is -0.0168. The van der Waals surface area contributed by atoms with Crippen LogP contribution in [0, 0.1) is 5.82 Å². The maximum atomic E-state index is 13.6. The molecule has 1 aromatic rings. The van der Waals surface area contributed by atoms with E-state index in [2.05, 4.69) is 21.2 Å². The van der Waals surface area contributed by atoms with Crippen molar-refractivity contribution in [3.05, 3.63) is 34.1 Å². The van der Waals surface area contributed by atoms with Crippen molar-refractivity contribution in [2.24, 2.45) is 0 Å². The van der Waals surface area contributed by atoms with Gasteiger partial charge in [0.25, 0.3) is 5.91 Å². The third-order valence-corrected chi connectivity index (χ3v) is 3.14. The van der Waals surface area contributed by atoms with Crippen molar-refractivity contribution < 1.29 is 14.0 Å². The first-order valence-electron chi connectivity index (χ1n) is 5.37. The number of carbonyl (C=O) groups excluding carboxylic acids is 2. The minimum Gasteiger partial charge on any atom is -0.359 e. The van der Waals surface area contributed by atoms with E-state index in [0.29, 0.717) is 4.47 Å². The highest BCUT2D eigenvalue weighted by Crippen LogP contribution is 2.21. The SMILES string of the molecule is CNC(=O)CCN(C)C(=O)c1c(F)cccc1Br. The number of hydrogen-bond donors (Lipinski definition) is 1. The molecular weight excluding hydrogens is 303 g/mol. The van der Waals surface area contributed by atoms with Gasteiger partial charge in [0.15, 0.2) is 0 Å². The van der Waals surface area contributed by atoms with E-state index in [0.717, 1.165) is 0 Å². The highest BCUT2D eigenvalue weighted by molar-refractivity contribution is 9.10. The molecule has 0 aliphatic rings. The fraction of sp³-hybridized carbons (Fsp3) is 0.333. The fourth-order valence-electron chi connectivity index (χ4n) is 1.39. The Balaban J connectivity index is 2.78. The summed E-state index contributed by atoms with van der Waals surface area (Å²) in [4.78, 5) is 24.4. The van der Waals surface area contributed by atoms with E-state index in [4.69, 9.17) is 0 Å². The molecule has 0 atom stereocenters. The second-order valence-electron chi connectivity index (χ2n) is 3.75. The van der Waals surface area contributed by atoms with Gasteiger partial charge in [-0.3, -0.25) is 9.59 Å². The molecule has 0 aromatic heterocycles. The molecule has 18 heavy (non-hydrogen) atoms. The molecule has 98 valence electrons. The first-order valence-corrected chi connectivity index (χ1v) is 6.16. The predicted molar refractivity (Wildman–Crippen MR) is 69.7 cm³/mol. The molecule has 6 heteroatoms. The van der Waals surface area contributed by atoms with E-state index in [1.165, 1.54) is 31.1 Å². The summed E-state index contributed by atoms with van der Waals surface area (Å²) in [6.07, 6.45) is 0.185. The van der Waals surface area contributed by atoms with Crippen molar-refractivity contribution in [1.29, 1.82) is 0 Å². The quantitative estimate of drug-likeness (QED) is 0.920. The van der Waals surface area contributed by atoms with Gasteiger partial charge in [0, 0.05) is 31.5 Å². The molecule has 1 aromatic carbocycles. The number of rotatable bonds is 4. The van der Waals surface area contributed by atoms with Crippen LogP contribution in [0.2, 0.25) is 0 Å². The van der Waals surface area contributed by atoms with Gasteiger partial charge in [-0.25, -0.2) is 4.39 Å². The van der Waals surface area contributed by atoms with E-state index >= 15 is 0 Å². The molecule has 1 N–H and O–H groups in total. The molecule has 0 unspecified atom stereocenters. The third-order valence-electron chi connectivity index (χ3n) is 2.48. The topological polar surface area (TPSA) is 49.4 Å². The molecule has 0 radical (unpaired) electrons. The Kier molecular flexibility index (Phi) is 5.27. The van der Waals surface area contributed by atoms with E-state index in [1.54, 1.807) is 6.07 Å². The zero-order chi connectivity index (χ0) is 13.7. The summed E-state index contributed by atoms with van der Waals surface area (Å²) >= 11 is 3.14. The van der Waals surface area contributed by atoms with Crippen molar-refractivity contribution in [2.75, 3.05) is 20.6 Å². The maximum Gasteiger partial charge on any atom is 0.257 e. The van der Waals surface area contributed by atoms with Gasteiger partial charge in [-0.2, -0.15) is 0 Å². The Morgan fingerprint density at radius 2 is 2.11 bits per heavy atom. The van der Waals surface area contributed by atoms with Crippen LogP contribution >= 0.6 is 15.9 Å². The highest BCUT2D eigenvalue weighted by Gasteiger charge is 2.19. The third kappa shape index (κ3) is 3.53. The minimum atomic E-state index is -0.582. The molecule has 4 nitrogen and oxygen atoms in total.